The Labute approximate surface area is 164 Å². The third-order valence-corrected chi connectivity index (χ3v) is 5.23. The molecule has 8 heteroatoms. The van der Waals surface area contributed by atoms with Gasteiger partial charge in [0.2, 0.25) is 5.91 Å². The number of hydrogen-bond acceptors (Lipinski definition) is 5. The van der Waals surface area contributed by atoms with Crippen LogP contribution in [0.25, 0.3) is 0 Å². The number of nitrogens with zero attached hydrogens (tertiary/aromatic N) is 2. The Morgan fingerprint density at radius 3 is 2.54 bits per heavy atom. The molecule has 0 bridgehead atoms. The van der Waals surface area contributed by atoms with Crippen LogP contribution in [0, 0.1) is 5.82 Å². The van der Waals surface area contributed by atoms with E-state index in [0.29, 0.717) is 32.1 Å². The first-order valence-corrected chi connectivity index (χ1v) is 9.62. The van der Waals surface area contributed by atoms with Crippen molar-refractivity contribution in [1.29, 1.82) is 0 Å². The molecule has 1 aromatic rings. The van der Waals surface area contributed by atoms with E-state index < -0.39 is 0 Å². The van der Waals surface area contributed by atoms with Gasteiger partial charge in [0.15, 0.2) is 6.61 Å². The van der Waals surface area contributed by atoms with Crippen LogP contribution in [0.2, 0.25) is 0 Å². The topological polar surface area (TPSA) is 68.3 Å². The van der Waals surface area contributed by atoms with Crippen molar-refractivity contribution < 1.29 is 28.2 Å². The molecule has 2 saturated heterocycles. The Morgan fingerprint density at radius 2 is 1.86 bits per heavy atom. The molecule has 7 nitrogen and oxygen atoms in total. The zero-order chi connectivity index (χ0) is 19.9. The quantitative estimate of drug-likeness (QED) is 0.700. The second-order valence-electron chi connectivity index (χ2n) is 7.10. The van der Waals surface area contributed by atoms with Crippen LogP contribution in [-0.2, 0) is 19.1 Å². The molecule has 0 saturated carbocycles. The lowest BCUT2D eigenvalue weighted by molar-refractivity contribution is -0.143. The highest BCUT2D eigenvalue weighted by Gasteiger charge is 2.37. The summed E-state index contributed by atoms with van der Waals surface area (Å²) in [4.78, 5) is 28.8. The van der Waals surface area contributed by atoms with Gasteiger partial charge in [0, 0.05) is 39.5 Å². The zero-order valence-electron chi connectivity index (χ0n) is 16.1. The van der Waals surface area contributed by atoms with Crippen molar-refractivity contribution in [2.75, 3.05) is 46.6 Å². The second-order valence-corrected chi connectivity index (χ2v) is 7.10. The summed E-state index contributed by atoms with van der Waals surface area (Å²) >= 11 is 0. The maximum Gasteiger partial charge on any atom is 0.260 e. The molecule has 0 aromatic heterocycles. The van der Waals surface area contributed by atoms with Crippen LogP contribution in [-0.4, -0.2) is 80.3 Å². The van der Waals surface area contributed by atoms with Crippen molar-refractivity contribution in [3.8, 4) is 5.75 Å². The fourth-order valence-corrected chi connectivity index (χ4v) is 3.83. The van der Waals surface area contributed by atoms with Crippen LogP contribution in [0.4, 0.5) is 4.39 Å². The molecule has 2 aliphatic heterocycles. The smallest absolute Gasteiger partial charge is 0.260 e. The van der Waals surface area contributed by atoms with Crippen molar-refractivity contribution >= 4 is 11.8 Å². The first kappa shape index (κ1) is 20.5. The minimum atomic E-state index is -0.352. The lowest BCUT2D eigenvalue weighted by Gasteiger charge is -2.38. The molecule has 3 rings (SSSR count). The van der Waals surface area contributed by atoms with Gasteiger partial charge < -0.3 is 24.0 Å². The maximum absolute atomic E-state index is 12.9. The highest BCUT2D eigenvalue weighted by Crippen LogP contribution is 2.24. The van der Waals surface area contributed by atoms with Crippen molar-refractivity contribution in [2.24, 2.45) is 0 Å². The molecule has 2 aliphatic rings. The Morgan fingerprint density at radius 1 is 1.14 bits per heavy atom. The number of carbonyl (C=O) groups is 2. The minimum absolute atomic E-state index is 0.0273. The van der Waals surface area contributed by atoms with Gasteiger partial charge in [-0.05, 0) is 43.5 Å². The lowest BCUT2D eigenvalue weighted by atomic mass is 10.0. The van der Waals surface area contributed by atoms with Crippen molar-refractivity contribution in [3.63, 3.8) is 0 Å². The Bertz CT molecular complexity index is 663. The van der Waals surface area contributed by atoms with E-state index in [2.05, 4.69) is 0 Å². The fourth-order valence-electron chi connectivity index (χ4n) is 3.83. The number of methoxy groups -OCH3 is 1. The molecule has 0 N–H and O–H groups in total. The van der Waals surface area contributed by atoms with Crippen LogP contribution < -0.4 is 4.74 Å². The number of benzene rings is 1. The molecule has 0 radical (unpaired) electrons. The Kier molecular flexibility index (Phi) is 7.22. The molecular formula is C20H27FN2O5. The lowest BCUT2D eigenvalue weighted by Crippen LogP contribution is -2.51. The van der Waals surface area contributed by atoms with Gasteiger partial charge >= 0.3 is 0 Å². The molecule has 1 atom stereocenters. The zero-order valence-corrected chi connectivity index (χ0v) is 16.1. The number of rotatable bonds is 7. The summed E-state index contributed by atoms with van der Waals surface area (Å²) in [5.74, 6) is -0.0891. The van der Waals surface area contributed by atoms with Crippen molar-refractivity contribution in [2.45, 2.75) is 31.3 Å². The Hall–Kier alpha value is -2.19. The first-order valence-electron chi connectivity index (χ1n) is 9.62. The van der Waals surface area contributed by atoms with Gasteiger partial charge in [-0.1, -0.05) is 0 Å². The van der Waals surface area contributed by atoms with Gasteiger partial charge in [-0.3, -0.25) is 9.59 Å². The summed E-state index contributed by atoms with van der Waals surface area (Å²) in [6.45, 7) is 2.27. The van der Waals surface area contributed by atoms with E-state index in [1.807, 2.05) is 4.90 Å². The average molecular weight is 394 g/mol. The van der Waals surface area contributed by atoms with Crippen molar-refractivity contribution in [1.82, 2.24) is 9.80 Å². The van der Waals surface area contributed by atoms with Crippen LogP contribution in [0.15, 0.2) is 24.3 Å². The average Bonchev–Trinajstić information content (AvgIpc) is 3.18. The predicted octanol–water partition coefficient (Wildman–Crippen LogP) is 1.46. The molecule has 2 amide bonds. The number of amides is 2. The third kappa shape index (κ3) is 5.20. The molecule has 28 heavy (non-hydrogen) atoms. The Balaban J connectivity index is 1.56. The predicted molar refractivity (Wildman–Crippen MR) is 99.4 cm³/mol. The molecule has 0 aliphatic carbocycles. The van der Waals surface area contributed by atoms with Crippen LogP contribution in [0.1, 0.15) is 19.3 Å². The van der Waals surface area contributed by atoms with Crippen molar-refractivity contribution in [3.05, 3.63) is 30.1 Å². The maximum atomic E-state index is 12.9. The molecule has 2 fully saturated rings. The number of halogens is 1. The molecule has 1 aromatic carbocycles. The number of hydrogen-bond donors (Lipinski definition) is 0. The largest absolute Gasteiger partial charge is 0.484 e. The highest BCUT2D eigenvalue weighted by molar-refractivity contribution is 5.80. The fraction of sp³-hybridized carbons (Fsp3) is 0.600. The highest BCUT2D eigenvalue weighted by atomic mass is 19.1. The SMILES string of the molecule is COCC(=O)N(C1CCOCC1)C1CCN(C(=O)COc2ccc(F)cc2)C1. The van der Waals surface area contributed by atoms with Gasteiger partial charge in [0.25, 0.3) is 5.91 Å². The van der Waals surface area contributed by atoms with Gasteiger partial charge in [-0.15, -0.1) is 0 Å². The minimum Gasteiger partial charge on any atom is -0.484 e. The van der Waals surface area contributed by atoms with Crippen LogP contribution in [0.3, 0.4) is 0 Å². The van der Waals surface area contributed by atoms with E-state index in [-0.39, 0.29) is 42.9 Å². The van der Waals surface area contributed by atoms with Gasteiger partial charge in [0.1, 0.15) is 18.2 Å². The first-order chi connectivity index (χ1) is 13.6. The standard InChI is InChI=1S/C20H27FN2O5/c1-26-13-20(25)23(16-7-10-27-11-8-16)17-6-9-22(12-17)19(24)14-28-18-4-2-15(21)3-5-18/h2-5,16-17H,6-14H2,1H3. The summed E-state index contributed by atoms with van der Waals surface area (Å²) in [6.07, 6.45) is 2.33. The normalized spacial score (nSPS) is 20.2. The van der Waals surface area contributed by atoms with Gasteiger partial charge in [0.05, 0.1) is 6.04 Å². The van der Waals surface area contributed by atoms with E-state index in [1.54, 1.807) is 4.90 Å². The summed E-state index contributed by atoms with van der Waals surface area (Å²) in [5.41, 5.74) is 0. The summed E-state index contributed by atoms with van der Waals surface area (Å²) in [5, 5.41) is 0. The molecule has 1 unspecified atom stereocenters. The second kappa shape index (κ2) is 9.84. The number of ether oxygens (including phenoxy) is 3. The number of likely N-dealkylation sites (tertiary alicyclic amines) is 1. The van der Waals surface area contributed by atoms with E-state index in [9.17, 15) is 14.0 Å². The third-order valence-electron chi connectivity index (χ3n) is 5.23. The van der Waals surface area contributed by atoms with E-state index in [4.69, 9.17) is 14.2 Å². The van der Waals surface area contributed by atoms with E-state index in [1.165, 1.54) is 31.4 Å². The monoisotopic (exact) mass is 394 g/mol. The van der Waals surface area contributed by atoms with Crippen LogP contribution in [0.5, 0.6) is 5.75 Å². The van der Waals surface area contributed by atoms with E-state index >= 15 is 0 Å². The summed E-state index contributed by atoms with van der Waals surface area (Å²) in [6, 6.07) is 5.65. The van der Waals surface area contributed by atoms with Gasteiger partial charge in [-0.25, -0.2) is 4.39 Å². The molecule has 2 heterocycles. The number of carbonyl (C=O) groups excluding carboxylic acids is 2. The molecular weight excluding hydrogens is 367 g/mol. The molecule has 0 spiro atoms. The summed E-state index contributed by atoms with van der Waals surface area (Å²) < 4.78 is 28.9. The van der Waals surface area contributed by atoms with E-state index in [0.717, 1.165) is 19.3 Å². The van der Waals surface area contributed by atoms with Crippen LogP contribution >= 0.6 is 0 Å². The molecule has 154 valence electrons. The summed E-state index contributed by atoms with van der Waals surface area (Å²) in [7, 11) is 1.51. The van der Waals surface area contributed by atoms with Gasteiger partial charge in [-0.2, -0.15) is 0 Å².